The fourth-order valence-electron chi connectivity index (χ4n) is 3.26. The second-order valence-corrected chi connectivity index (χ2v) is 5.82. The highest BCUT2D eigenvalue weighted by Gasteiger charge is 2.33. The molecule has 112 valence electrons. The lowest BCUT2D eigenvalue weighted by Crippen LogP contribution is -2.47. The Kier molecular flexibility index (Phi) is 3.82. The fraction of sp³-hybridized carbons (Fsp3) is 0.500. The van der Waals surface area contributed by atoms with E-state index in [9.17, 15) is 9.59 Å². The predicted molar refractivity (Wildman–Crippen MR) is 81.1 cm³/mol. The van der Waals surface area contributed by atoms with E-state index in [1.54, 1.807) is 6.92 Å². The highest BCUT2D eigenvalue weighted by molar-refractivity contribution is 5.88. The van der Waals surface area contributed by atoms with Crippen molar-refractivity contribution >= 4 is 17.5 Å². The highest BCUT2D eigenvalue weighted by atomic mass is 16.2. The fourth-order valence-corrected chi connectivity index (χ4v) is 3.26. The summed E-state index contributed by atoms with van der Waals surface area (Å²) in [5, 5.41) is 6.24. The number of anilines is 1. The van der Waals surface area contributed by atoms with Crippen molar-refractivity contribution in [1.82, 2.24) is 10.2 Å². The Hall–Kier alpha value is -2.04. The summed E-state index contributed by atoms with van der Waals surface area (Å²) in [4.78, 5) is 25.7. The highest BCUT2D eigenvalue weighted by Crippen LogP contribution is 2.32. The van der Waals surface area contributed by atoms with Crippen LogP contribution >= 0.6 is 0 Å². The standard InChI is InChI=1S/C16H21N3O2/c1-11(20)18-12-6-8-19(9-7-12)16(21)14-10-17-15-5-3-2-4-13(14)15/h2-5,12,14,17H,6-10H2,1H3,(H,18,20). The van der Waals surface area contributed by atoms with Crippen molar-refractivity contribution in [1.29, 1.82) is 0 Å². The molecule has 2 aliphatic heterocycles. The van der Waals surface area contributed by atoms with Crippen LogP contribution in [0, 0.1) is 0 Å². The summed E-state index contributed by atoms with van der Waals surface area (Å²) in [5.74, 6) is 0.140. The number of fused-ring (bicyclic) bond motifs is 1. The van der Waals surface area contributed by atoms with E-state index in [2.05, 4.69) is 10.6 Å². The van der Waals surface area contributed by atoms with Gasteiger partial charge in [0.25, 0.3) is 0 Å². The molecule has 5 heteroatoms. The van der Waals surface area contributed by atoms with Gasteiger partial charge in [0.1, 0.15) is 0 Å². The van der Waals surface area contributed by atoms with Crippen LogP contribution in [0.5, 0.6) is 0 Å². The zero-order chi connectivity index (χ0) is 14.8. The van der Waals surface area contributed by atoms with Gasteiger partial charge in [-0.05, 0) is 24.5 Å². The maximum atomic E-state index is 12.7. The Bertz CT molecular complexity index is 550. The number of nitrogens with zero attached hydrogens (tertiary/aromatic N) is 1. The Morgan fingerprint density at radius 1 is 1.24 bits per heavy atom. The van der Waals surface area contributed by atoms with Crippen molar-refractivity contribution in [2.75, 3.05) is 25.0 Å². The van der Waals surface area contributed by atoms with Crippen LogP contribution in [0.1, 0.15) is 31.2 Å². The Morgan fingerprint density at radius 2 is 1.95 bits per heavy atom. The zero-order valence-electron chi connectivity index (χ0n) is 12.3. The maximum Gasteiger partial charge on any atom is 0.231 e. The normalized spacial score (nSPS) is 21.6. The Labute approximate surface area is 124 Å². The minimum atomic E-state index is -0.0708. The number of carbonyl (C=O) groups excluding carboxylic acids is 2. The summed E-state index contributed by atoms with van der Waals surface area (Å²) in [6.45, 7) is 3.67. The molecule has 1 saturated heterocycles. The topological polar surface area (TPSA) is 61.4 Å². The number of piperidine rings is 1. The van der Waals surface area contributed by atoms with E-state index in [4.69, 9.17) is 0 Å². The summed E-state index contributed by atoms with van der Waals surface area (Å²) in [5.41, 5.74) is 2.18. The van der Waals surface area contributed by atoms with Gasteiger partial charge < -0.3 is 15.5 Å². The number of benzene rings is 1. The molecule has 2 N–H and O–H groups in total. The van der Waals surface area contributed by atoms with E-state index in [-0.39, 0.29) is 23.8 Å². The lowest BCUT2D eigenvalue weighted by molar-refractivity contribution is -0.133. The van der Waals surface area contributed by atoms with E-state index in [1.807, 2.05) is 29.2 Å². The maximum absolute atomic E-state index is 12.7. The molecule has 0 bridgehead atoms. The van der Waals surface area contributed by atoms with Crippen LogP contribution < -0.4 is 10.6 Å². The summed E-state index contributed by atoms with van der Waals surface area (Å²) in [6, 6.07) is 8.22. The van der Waals surface area contributed by atoms with Crippen molar-refractivity contribution in [3.63, 3.8) is 0 Å². The molecule has 2 heterocycles. The van der Waals surface area contributed by atoms with Crippen molar-refractivity contribution in [3.05, 3.63) is 29.8 Å². The molecule has 1 aromatic carbocycles. The zero-order valence-corrected chi connectivity index (χ0v) is 12.3. The first-order valence-electron chi connectivity index (χ1n) is 7.54. The van der Waals surface area contributed by atoms with Gasteiger partial charge in [-0.25, -0.2) is 0 Å². The molecule has 0 aromatic heterocycles. The first-order valence-corrected chi connectivity index (χ1v) is 7.54. The molecule has 0 radical (unpaired) electrons. The Morgan fingerprint density at radius 3 is 2.67 bits per heavy atom. The first-order chi connectivity index (χ1) is 10.1. The number of likely N-dealkylation sites (tertiary alicyclic amines) is 1. The van der Waals surface area contributed by atoms with E-state index < -0.39 is 0 Å². The number of hydrogen-bond acceptors (Lipinski definition) is 3. The second-order valence-electron chi connectivity index (χ2n) is 5.82. The van der Waals surface area contributed by atoms with Crippen LogP contribution in [0.3, 0.4) is 0 Å². The molecule has 0 spiro atoms. The average molecular weight is 287 g/mol. The van der Waals surface area contributed by atoms with E-state index in [0.29, 0.717) is 6.54 Å². The van der Waals surface area contributed by atoms with E-state index >= 15 is 0 Å². The van der Waals surface area contributed by atoms with Gasteiger partial charge in [0.2, 0.25) is 11.8 Å². The lowest BCUT2D eigenvalue weighted by atomic mass is 9.97. The Balaban J connectivity index is 1.62. The minimum absolute atomic E-state index is 0.00805. The third-order valence-corrected chi connectivity index (χ3v) is 4.34. The number of amides is 2. The van der Waals surface area contributed by atoms with Crippen molar-refractivity contribution in [2.45, 2.75) is 31.7 Å². The second kappa shape index (κ2) is 5.76. The summed E-state index contributed by atoms with van der Waals surface area (Å²) in [7, 11) is 0. The summed E-state index contributed by atoms with van der Waals surface area (Å²) >= 11 is 0. The van der Waals surface area contributed by atoms with E-state index in [0.717, 1.165) is 37.2 Å². The molecule has 2 aliphatic rings. The van der Waals surface area contributed by atoms with Gasteiger partial charge in [0.05, 0.1) is 5.92 Å². The molecule has 1 atom stereocenters. The van der Waals surface area contributed by atoms with Crippen LogP contribution in [0.2, 0.25) is 0 Å². The van der Waals surface area contributed by atoms with Crippen molar-refractivity contribution in [3.8, 4) is 0 Å². The number of hydrogen-bond donors (Lipinski definition) is 2. The number of carbonyl (C=O) groups is 2. The van der Waals surface area contributed by atoms with Gasteiger partial charge in [-0.1, -0.05) is 18.2 Å². The summed E-state index contributed by atoms with van der Waals surface area (Å²) in [6.07, 6.45) is 1.68. The smallest absolute Gasteiger partial charge is 0.231 e. The van der Waals surface area contributed by atoms with Gasteiger partial charge in [-0.15, -0.1) is 0 Å². The lowest BCUT2D eigenvalue weighted by Gasteiger charge is -2.33. The number of nitrogens with one attached hydrogen (secondary N) is 2. The molecule has 0 saturated carbocycles. The third kappa shape index (κ3) is 2.86. The predicted octanol–water partition coefficient (Wildman–Crippen LogP) is 1.32. The van der Waals surface area contributed by atoms with Crippen LogP contribution in [0.4, 0.5) is 5.69 Å². The first kappa shape index (κ1) is 13.9. The molecule has 5 nitrogen and oxygen atoms in total. The van der Waals surface area contributed by atoms with Crippen LogP contribution in [-0.2, 0) is 9.59 Å². The average Bonchev–Trinajstić information content (AvgIpc) is 2.90. The van der Waals surface area contributed by atoms with Crippen molar-refractivity contribution in [2.24, 2.45) is 0 Å². The number of rotatable bonds is 2. The SMILES string of the molecule is CC(=O)NC1CCN(C(=O)C2CNc3ccccc32)CC1. The monoisotopic (exact) mass is 287 g/mol. The molecule has 3 rings (SSSR count). The minimum Gasteiger partial charge on any atom is -0.384 e. The van der Waals surface area contributed by atoms with Crippen LogP contribution in [-0.4, -0.2) is 42.4 Å². The van der Waals surface area contributed by atoms with Gasteiger partial charge in [-0.2, -0.15) is 0 Å². The van der Waals surface area contributed by atoms with Crippen LogP contribution in [0.15, 0.2) is 24.3 Å². The van der Waals surface area contributed by atoms with Crippen molar-refractivity contribution < 1.29 is 9.59 Å². The van der Waals surface area contributed by atoms with Crippen LogP contribution in [0.25, 0.3) is 0 Å². The van der Waals surface area contributed by atoms with Gasteiger partial charge in [0.15, 0.2) is 0 Å². The molecule has 2 amide bonds. The third-order valence-electron chi connectivity index (χ3n) is 4.34. The number of para-hydroxylation sites is 1. The quantitative estimate of drug-likeness (QED) is 0.862. The molecule has 1 fully saturated rings. The molecule has 21 heavy (non-hydrogen) atoms. The molecular weight excluding hydrogens is 266 g/mol. The molecule has 0 aliphatic carbocycles. The summed E-state index contributed by atoms with van der Waals surface area (Å²) < 4.78 is 0. The molecular formula is C16H21N3O2. The van der Waals surface area contributed by atoms with E-state index in [1.165, 1.54) is 0 Å². The molecule has 1 aromatic rings. The largest absolute Gasteiger partial charge is 0.384 e. The van der Waals surface area contributed by atoms with Gasteiger partial charge in [0, 0.05) is 38.3 Å². The molecule has 1 unspecified atom stereocenters. The van der Waals surface area contributed by atoms with Gasteiger partial charge >= 0.3 is 0 Å². The van der Waals surface area contributed by atoms with Gasteiger partial charge in [-0.3, -0.25) is 9.59 Å².